The van der Waals surface area contributed by atoms with E-state index in [1.54, 1.807) is 22.7 Å². The molecule has 0 N–H and O–H groups in total. The van der Waals surface area contributed by atoms with Crippen LogP contribution in [0, 0.1) is 0 Å². The molecule has 0 bridgehead atoms. The highest BCUT2D eigenvalue weighted by atomic mass is 32.1. The zero-order valence-corrected chi connectivity index (χ0v) is 15.2. The monoisotopic (exact) mass is 358 g/mol. The molecule has 0 aliphatic carbocycles. The van der Waals surface area contributed by atoms with Gasteiger partial charge in [-0.25, -0.2) is 15.0 Å². The Morgan fingerprint density at radius 2 is 1.96 bits per heavy atom. The van der Waals surface area contributed by atoms with Crippen molar-refractivity contribution in [1.29, 1.82) is 0 Å². The predicted molar refractivity (Wildman–Crippen MR) is 98.7 cm³/mol. The molecule has 0 unspecified atom stereocenters. The second-order valence-electron chi connectivity index (χ2n) is 5.91. The van der Waals surface area contributed by atoms with Crippen LogP contribution in [0.2, 0.25) is 0 Å². The average Bonchev–Trinajstić information content (AvgIpc) is 3.27. The molecule has 1 fully saturated rings. The fourth-order valence-electron chi connectivity index (χ4n) is 2.98. The van der Waals surface area contributed by atoms with Gasteiger partial charge in [-0.15, -0.1) is 22.7 Å². The third-order valence-electron chi connectivity index (χ3n) is 3.90. The number of anilines is 1. The highest BCUT2D eigenvalue weighted by molar-refractivity contribution is 7.14. The van der Waals surface area contributed by atoms with E-state index in [9.17, 15) is 0 Å². The first-order valence-electron chi connectivity index (χ1n) is 7.92. The third-order valence-corrected chi connectivity index (χ3v) is 5.58. The molecular weight excluding hydrogens is 340 g/mol. The number of aromatic nitrogens is 3. The number of thiophene rings is 1. The van der Waals surface area contributed by atoms with E-state index in [4.69, 9.17) is 9.72 Å². The van der Waals surface area contributed by atoms with E-state index in [-0.39, 0.29) is 12.2 Å². The second-order valence-corrected chi connectivity index (χ2v) is 7.75. The fourth-order valence-corrected chi connectivity index (χ4v) is 4.36. The van der Waals surface area contributed by atoms with Gasteiger partial charge in [0.2, 0.25) is 5.95 Å². The summed E-state index contributed by atoms with van der Waals surface area (Å²) in [6, 6.07) is 4.14. The summed E-state index contributed by atoms with van der Waals surface area (Å²) in [7, 11) is 0. The molecule has 124 valence electrons. The van der Waals surface area contributed by atoms with Crippen LogP contribution in [0.15, 0.2) is 35.3 Å². The van der Waals surface area contributed by atoms with Gasteiger partial charge in [0.05, 0.1) is 12.2 Å². The number of hydrogen-bond donors (Lipinski definition) is 0. The maximum atomic E-state index is 5.82. The predicted octanol–water partition coefficient (Wildman–Crippen LogP) is 3.94. The van der Waals surface area contributed by atoms with E-state index in [1.165, 1.54) is 0 Å². The van der Waals surface area contributed by atoms with Crippen molar-refractivity contribution in [2.24, 2.45) is 0 Å². The molecule has 4 rings (SSSR count). The number of thiazole rings is 1. The number of morpholine rings is 1. The first-order valence-corrected chi connectivity index (χ1v) is 9.68. The van der Waals surface area contributed by atoms with Gasteiger partial charge in [0.25, 0.3) is 0 Å². The lowest BCUT2D eigenvalue weighted by Crippen LogP contribution is -2.46. The molecule has 1 aliphatic heterocycles. The topological polar surface area (TPSA) is 51.1 Å². The minimum absolute atomic E-state index is 0.178. The Balaban J connectivity index is 1.77. The maximum Gasteiger partial charge on any atom is 0.226 e. The Bertz CT molecular complexity index is 794. The lowest BCUT2D eigenvalue weighted by Gasteiger charge is -2.35. The minimum atomic E-state index is 0.178. The van der Waals surface area contributed by atoms with Crippen LogP contribution in [0.3, 0.4) is 0 Å². The standard InChI is InChI=1S/C17H18N4OS2/c1-11-9-21(10-12(2)22-11)17-19-8-13(14-4-3-6-23-14)15(20-17)16-18-5-7-24-16/h3-8,11-12H,9-10H2,1-2H3/t11-,12-/m0/s1. The van der Waals surface area contributed by atoms with Gasteiger partial charge in [-0.05, 0) is 25.3 Å². The summed E-state index contributed by atoms with van der Waals surface area (Å²) in [4.78, 5) is 17.3. The molecule has 0 spiro atoms. The lowest BCUT2D eigenvalue weighted by atomic mass is 10.2. The van der Waals surface area contributed by atoms with Crippen molar-refractivity contribution in [3.63, 3.8) is 0 Å². The number of rotatable bonds is 3. The van der Waals surface area contributed by atoms with Gasteiger partial charge >= 0.3 is 0 Å². The normalized spacial score (nSPS) is 21.2. The summed E-state index contributed by atoms with van der Waals surface area (Å²) in [6.07, 6.45) is 4.10. The summed E-state index contributed by atoms with van der Waals surface area (Å²) in [5, 5.41) is 4.98. The summed E-state index contributed by atoms with van der Waals surface area (Å²) < 4.78 is 5.82. The molecule has 2 atom stereocenters. The quantitative estimate of drug-likeness (QED) is 0.710. The molecule has 0 aromatic carbocycles. The zero-order valence-electron chi connectivity index (χ0n) is 13.5. The molecule has 1 saturated heterocycles. The Hall–Kier alpha value is -1.83. The Morgan fingerprint density at radius 3 is 2.62 bits per heavy atom. The number of ether oxygens (including phenoxy) is 1. The Labute approximate surface area is 149 Å². The zero-order chi connectivity index (χ0) is 16.5. The highest BCUT2D eigenvalue weighted by Crippen LogP contribution is 2.35. The van der Waals surface area contributed by atoms with Crippen molar-refractivity contribution >= 4 is 28.6 Å². The van der Waals surface area contributed by atoms with Crippen LogP contribution in [-0.2, 0) is 4.74 Å². The van der Waals surface area contributed by atoms with Crippen LogP contribution in [0.1, 0.15) is 13.8 Å². The summed E-state index contributed by atoms with van der Waals surface area (Å²) in [5.41, 5.74) is 1.95. The summed E-state index contributed by atoms with van der Waals surface area (Å²) in [6.45, 7) is 5.79. The van der Waals surface area contributed by atoms with Crippen LogP contribution in [0.4, 0.5) is 5.95 Å². The maximum absolute atomic E-state index is 5.82. The molecular formula is C17H18N4OS2. The summed E-state index contributed by atoms with van der Waals surface area (Å²) in [5.74, 6) is 0.752. The van der Waals surface area contributed by atoms with E-state index in [0.717, 1.165) is 40.2 Å². The van der Waals surface area contributed by atoms with Gasteiger partial charge in [0.1, 0.15) is 10.7 Å². The SMILES string of the molecule is C[C@H]1CN(c2ncc(-c3cccs3)c(-c3nccs3)n2)C[C@H](C)O1. The van der Waals surface area contributed by atoms with Gasteiger partial charge in [0, 0.05) is 41.3 Å². The van der Waals surface area contributed by atoms with Crippen molar-refractivity contribution in [2.45, 2.75) is 26.1 Å². The average molecular weight is 358 g/mol. The second kappa shape index (κ2) is 6.58. The van der Waals surface area contributed by atoms with E-state index in [2.05, 4.69) is 40.2 Å². The van der Waals surface area contributed by atoms with Gasteiger partial charge in [-0.2, -0.15) is 0 Å². The highest BCUT2D eigenvalue weighted by Gasteiger charge is 2.25. The summed E-state index contributed by atoms with van der Waals surface area (Å²) >= 11 is 3.30. The van der Waals surface area contributed by atoms with Crippen molar-refractivity contribution in [3.8, 4) is 21.1 Å². The van der Waals surface area contributed by atoms with E-state index in [1.807, 2.05) is 23.8 Å². The molecule has 0 amide bonds. The Morgan fingerprint density at radius 1 is 1.12 bits per heavy atom. The first-order chi connectivity index (χ1) is 11.7. The van der Waals surface area contributed by atoms with Crippen molar-refractivity contribution < 1.29 is 4.74 Å². The molecule has 4 heterocycles. The van der Waals surface area contributed by atoms with Crippen molar-refractivity contribution in [1.82, 2.24) is 15.0 Å². The van der Waals surface area contributed by atoms with E-state index in [0.29, 0.717) is 0 Å². The van der Waals surface area contributed by atoms with Crippen LogP contribution >= 0.6 is 22.7 Å². The lowest BCUT2D eigenvalue weighted by molar-refractivity contribution is -0.00571. The molecule has 0 saturated carbocycles. The number of nitrogens with zero attached hydrogens (tertiary/aromatic N) is 4. The molecule has 7 heteroatoms. The van der Waals surface area contributed by atoms with Crippen molar-refractivity contribution in [3.05, 3.63) is 35.3 Å². The fraction of sp³-hybridized carbons (Fsp3) is 0.353. The molecule has 0 radical (unpaired) electrons. The van der Waals surface area contributed by atoms with Gasteiger partial charge < -0.3 is 9.64 Å². The van der Waals surface area contributed by atoms with Gasteiger partial charge in [-0.3, -0.25) is 0 Å². The minimum Gasteiger partial charge on any atom is -0.372 e. The van der Waals surface area contributed by atoms with Crippen LogP contribution in [0.25, 0.3) is 21.1 Å². The molecule has 1 aliphatic rings. The molecule has 24 heavy (non-hydrogen) atoms. The molecule has 5 nitrogen and oxygen atoms in total. The van der Waals surface area contributed by atoms with Crippen LogP contribution in [0.5, 0.6) is 0 Å². The first kappa shape index (κ1) is 15.7. The van der Waals surface area contributed by atoms with E-state index < -0.39 is 0 Å². The van der Waals surface area contributed by atoms with Crippen molar-refractivity contribution in [2.75, 3.05) is 18.0 Å². The largest absolute Gasteiger partial charge is 0.372 e. The smallest absolute Gasteiger partial charge is 0.226 e. The van der Waals surface area contributed by atoms with Gasteiger partial charge in [-0.1, -0.05) is 6.07 Å². The third kappa shape index (κ3) is 3.07. The van der Waals surface area contributed by atoms with Crippen LogP contribution < -0.4 is 4.90 Å². The molecule has 3 aromatic rings. The van der Waals surface area contributed by atoms with E-state index >= 15 is 0 Å². The molecule has 3 aromatic heterocycles. The van der Waals surface area contributed by atoms with Crippen LogP contribution in [-0.4, -0.2) is 40.2 Å². The number of hydrogen-bond acceptors (Lipinski definition) is 7. The Kier molecular flexibility index (Phi) is 4.30. The van der Waals surface area contributed by atoms with Gasteiger partial charge in [0.15, 0.2) is 0 Å².